The molecule has 3 heteroatoms. The summed E-state index contributed by atoms with van der Waals surface area (Å²) in [5.74, 6) is 0. The summed E-state index contributed by atoms with van der Waals surface area (Å²) in [6.45, 7) is 9.85. The van der Waals surface area contributed by atoms with Gasteiger partial charge in [0.05, 0.1) is 0 Å². The van der Waals surface area contributed by atoms with Crippen LogP contribution in [0.4, 0.5) is 4.79 Å². The summed E-state index contributed by atoms with van der Waals surface area (Å²) in [6.07, 6.45) is 2.11. The summed E-state index contributed by atoms with van der Waals surface area (Å²) in [5, 5.41) is 5.81. The molecule has 0 bridgehead atoms. The van der Waals surface area contributed by atoms with Gasteiger partial charge in [0, 0.05) is 18.5 Å². The van der Waals surface area contributed by atoms with Crippen LogP contribution >= 0.6 is 0 Å². The fourth-order valence-electron chi connectivity index (χ4n) is 1.85. The summed E-state index contributed by atoms with van der Waals surface area (Å²) >= 11 is 0. The van der Waals surface area contributed by atoms with Crippen molar-refractivity contribution in [3.05, 3.63) is 35.4 Å². The zero-order chi connectivity index (χ0) is 14.3. The number of nitrogens with one attached hydrogen (secondary N) is 2. The van der Waals surface area contributed by atoms with E-state index in [0.29, 0.717) is 6.54 Å². The van der Waals surface area contributed by atoms with Crippen LogP contribution in [0.3, 0.4) is 0 Å². The number of hydrogen-bond acceptors (Lipinski definition) is 1. The molecule has 0 aliphatic heterocycles. The quantitative estimate of drug-likeness (QED) is 0.758. The van der Waals surface area contributed by atoms with Crippen LogP contribution in [0.15, 0.2) is 24.3 Å². The lowest BCUT2D eigenvalue weighted by Gasteiger charge is -2.26. The molecule has 0 spiro atoms. The standard InChI is InChI=1S/C16H26N2O/c1-5-6-11-17-15(19)18-12-16(3,4)14-9-7-13(2)8-10-14/h7-10H,5-6,11-12H2,1-4H3,(H2,17,18,19). The summed E-state index contributed by atoms with van der Waals surface area (Å²) in [7, 11) is 0. The number of carbonyl (C=O) groups is 1. The fraction of sp³-hybridized carbons (Fsp3) is 0.562. The van der Waals surface area contributed by atoms with Crippen LogP contribution in [0.2, 0.25) is 0 Å². The van der Waals surface area contributed by atoms with Crippen molar-refractivity contribution in [2.24, 2.45) is 0 Å². The van der Waals surface area contributed by atoms with Gasteiger partial charge >= 0.3 is 6.03 Å². The van der Waals surface area contributed by atoms with Gasteiger partial charge in [-0.2, -0.15) is 0 Å². The van der Waals surface area contributed by atoms with Crippen molar-refractivity contribution in [1.82, 2.24) is 10.6 Å². The Kier molecular flexibility index (Phi) is 5.87. The van der Waals surface area contributed by atoms with Crippen molar-refractivity contribution in [2.45, 2.75) is 46.0 Å². The highest BCUT2D eigenvalue weighted by atomic mass is 16.2. The topological polar surface area (TPSA) is 41.1 Å². The Morgan fingerprint density at radius 1 is 1.16 bits per heavy atom. The minimum Gasteiger partial charge on any atom is -0.338 e. The lowest BCUT2D eigenvalue weighted by molar-refractivity contribution is 0.238. The Hall–Kier alpha value is -1.51. The molecule has 0 radical (unpaired) electrons. The highest BCUT2D eigenvalue weighted by Crippen LogP contribution is 2.22. The van der Waals surface area contributed by atoms with E-state index in [1.807, 2.05) is 0 Å². The molecule has 19 heavy (non-hydrogen) atoms. The molecule has 1 aromatic rings. The molecule has 0 atom stereocenters. The third kappa shape index (κ3) is 5.33. The van der Waals surface area contributed by atoms with Gasteiger partial charge < -0.3 is 10.6 Å². The van der Waals surface area contributed by atoms with Crippen molar-refractivity contribution in [3.63, 3.8) is 0 Å². The summed E-state index contributed by atoms with van der Waals surface area (Å²) < 4.78 is 0. The molecule has 0 saturated heterocycles. The minimum absolute atomic E-state index is 0.0597. The highest BCUT2D eigenvalue weighted by Gasteiger charge is 2.21. The van der Waals surface area contributed by atoms with Gasteiger partial charge in [-0.15, -0.1) is 0 Å². The highest BCUT2D eigenvalue weighted by molar-refractivity contribution is 5.73. The molecule has 0 fully saturated rings. The maximum absolute atomic E-state index is 11.6. The molecular weight excluding hydrogens is 236 g/mol. The Morgan fingerprint density at radius 3 is 2.37 bits per heavy atom. The zero-order valence-corrected chi connectivity index (χ0v) is 12.5. The van der Waals surface area contributed by atoms with Crippen molar-refractivity contribution in [1.29, 1.82) is 0 Å². The average Bonchev–Trinajstić information content (AvgIpc) is 2.37. The number of rotatable bonds is 6. The van der Waals surface area contributed by atoms with Gasteiger partial charge in [0.1, 0.15) is 0 Å². The van der Waals surface area contributed by atoms with Crippen molar-refractivity contribution < 1.29 is 4.79 Å². The van der Waals surface area contributed by atoms with Crippen molar-refractivity contribution >= 4 is 6.03 Å². The fourth-order valence-corrected chi connectivity index (χ4v) is 1.85. The van der Waals surface area contributed by atoms with Gasteiger partial charge in [0.25, 0.3) is 0 Å². The smallest absolute Gasteiger partial charge is 0.314 e. The molecular formula is C16H26N2O. The van der Waals surface area contributed by atoms with Crippen molar-refractivity contribution in [3.8, 4) is 0 Å². The van der Waals surface area contributed by atoms with E-state index in [2.05, 4.69) is 62.6 Å². The van der Waals surface area contributed by atoms with Crippen LogP contribution in [0.25, 0.3) is 0 Å². The van der Waals surface area contributed by atoms with E-state index >= 15 is 0 Å². The number of aryl methyl sites for hydroxylation is 1. The Balaban J connectivity index is 2.46. The van der Waals surface area contributed by atoms with E-state index < -0.39 is 0 Å². The van der Waals surface area contributed by atoms with Gasteiger partial charge in [-0.25, -0.2) is 4.79 Å². The predicted octanol–water partition coefficient (Wildman–Crippen LogP) is 3.37. The number of hydrogen-bond donors (Lipinski definition) is 2. The second kappa shape index (κ2) is 7.17. The van der Waals surface area contributed by atoms with Gasteiger partial charge in [-0.3, -0.25) is 0 Å². The molecule has 0 unspecified atom stereocenters. The molecule has 0 heterocycles. The molecule has 2 amide bonds. The number of carbonyl (C=O) groups excluding carboxylic acids is 1. The van der Waals surface area contributed by atoms with Crippen LogP contribution < -0.4 is 10.6 Å². The molecule has 0 aromatic heterocycles. The van der Waals surface area contributed by atoms with Crippen LogP contribution in [0.1, 0.15) is 44.7 Å². The zero-order valence-electron chi connectivity index (χ0n) is 12.5. The van der Waals surface area contributed by atoms with Gasteiger partial charge in [0.2, 0.25) is 0 Å². The van der Waals surface area contributed by atoms with E-state index in [0.717, 1.165) is 19.4 Å². The summed E-state index contributed by atoms with van der Waals surface area (Å²) in [6, 6.07) is 8.41. The average molecular weight is 262 g/mol. The second-order valence-electron chi connectivity index (χ2n) is 5.71. The Morgan fingerprint density at radius 2 is 1.79 bits per heavy atom. The molecule has 0 aliphatic carbocycles. The van der Waals surface area contributed by atoms with Gasteiger partial charge in [0.15, 0.2) is 0 Å². The normalized spacial score (nSPS) is 11.2. The third-order valence-electron chi connectivity index (χ3n) is 3.34. The van der Waals surface area contributed by atoms with Gasteiger partial charge in [-0.1, -0.05) is 57.0 Å². The monoisotopic (exact) mass is 262 g/mol. The van der Waals surface area contributed by atoms with Crippen LogP contribution in [0, 0.1) is 6.92 Å². The molecule has 106 valence electrons. The van der Waals surface area contributed by atoms with Crippen molar-refractivity contribution in [2.75, 3.05) is 13.1 Å². The number of unbranched alkanes of at least 4 members (excludes halogenated alkanes) is 1. The first kappa shape index (κ1) is 15.5. The number of amides is 2. The van der Waals surface area contributed by atoms with E-state index in [1.165, 1.54) is 11.1 Å². The van der Waals surface area contributed by atoms with E-state index in [4.69, 9.17) is 0 Å². The van der Waals surface area contributed by atoms with Crippen LogP contribution in [0.5, 0.6) is 0 Å². The maximum atomic E-state index is 11.6. The number of urea groups is 1. The van der Waals surface area contributed by atoms with Gasteiger partial charge in [-0.05, 0) is 18.9 Å². The number of benzene rings is 1. The molecule has 1 aromatic carbocycles. The summed E-state index contributed by atoms with van der Waals surface area (Å²) in [4.78, 5) is 11.6. The molecule has 3 nitrogen and oxygen atoms in total. The van der Waals surface area contributed by atoms with E-state index in [9.17, 15) is 4.79 Å². The molecule has 0 aliphatic rings. The molecule has 0 saturated carbocycles. The first-order valence-corrected chi connectivity index (χ1v) is 7.04. The lowest BCUT2D eigenvalue weighted by Crippen LogP contribution is -2.42. The second-order valence-corrected chi connectivity index (χ2v) is 5.71. The Bertz CT molecular complexity index is 396. The summed E-state index contributed by atoms with van der Waals surface area (Å²) in [5.41, 5.74) is 2.44. The lowest BCUT2D eigenvalue weighted by atomic mass is 9.84. The first-order chi connectivity index (χ1) is 8.95. The molecule has 1 rings (SSSR count). The first-order valence-electron chi connectivity index (χ1n) is 7.04. The van der Waals surface area contributed by atoms with Crippen LogP contribution in [-0.4, -0.2) is 19.1 Å². The minimum atomic E-state index is -0.0753. The SMILES string of the molecule is CCCCNC(=O)NCC(C)(C)c1ccc(C)cc1. The Labute approximate surface area is 116 Å². The van der Waals surface area contributed by atoms with E-state index in [1.54, 1.807) is 0 Å². The maximum Gasteiger partial charge on any atom is 0.314 e. The third-order valence-corrected chi connectivity index (χ3v) is 3.34. The van der Waals surface area contributed by atoms with Crippen LogP contribution in [-0.2, 0) is 5.41 Å². The van der Waals surface area contributed by atoms with E-state index in [-0.39, 0.29) is 11.4 Å². The molecule has 2 N–H and O–H groups in total. The predicted molar refractivity (Wildman–Crippen MR) is 80.5 cm³/mol. The largest absolute Gasteiger partial charge is 0.338 e.